The van der Waals surface area contributed by atoms with Crippen LogP contribution in [0.4, 0.5) is 0 Å². The third-order valence-corrected chi connectivity index (χ3v) is 4.29. The molecule has 2 fully saturated rings. The number of piperazine rings is 1. The van der Waals surface area contributed by atoms with E-state index in [4.69, 9.17) is 5.73 Å². The molecule has 114 valence electrons. The smallest absolute Gasteiger partial charge is 0.229 e. The molecule has 4 nitrogen and oxygen atoms in total. The minimum absolute atomic E-state index is 0. The monoisotopic (exact) mass is 311 g/mol. The van der Waals surface area contributed by atoms with E-state index in [1.54, 1.807) is 0 Å². The van der Waals surface area contributed by atoms with Gasteiger partial charge in [-0.25, -0.2) is 0 Å². The Labute approximate surface area is 128 Å². The number of carbonyl (C=O) groups excluding carboxylic acids is 1. The van der Waals surface area contributed by atoms with Crippen LogP contribution in [0, 0.1) is 5.41 Å². The van der Waals surface area contributed by atoms with Gasteiger partial charge in [0.1, 0.15) is 0 Å². The van der Waals surface area contributed by atoms with E-state index < -0.39 is 5.41 Å². The van der Waals surface area contributed by atoms with Crippen LogP contribution in [0.2, 0.25) is 0 Å². The van der Waals surface area contributed by atoms with Gasteiger partial charge in [0.15, 0.2) is 0 Å². The van der Waals surface area contributed by atoms with Crippen LogP contribution < -0.4 is 5.73 Å². The molecule has 0 spiro atoms. The standard InChI is InChI=1S/C13H25N3O.2ClH/c1-10-7-15-6-4-5-11(15)8-16(10)12(17)13(2,3)9-14;;/h10-11H,4-9,14H2,1-3H3;2*1H. The first-order valence-corrected chi connectivity index (χ1v) is 6.71. The minimum Gasteiger partial charge on any atom is -0.337 e. The number of nitrogens with zero attached hydrogens (tertiary/aromatic N) is 2. The van der Waals surface area contributed by atoms with Gasteiger partial charge in [-0.2, -0.15) is 0 Å². The van der Waals surface area contributed by atoms with Gasteiger partial charge in [-0.05, 0) is 40.2 Å². The second kappa shape index (κ2) is 7.11. The normalized spacial score (nSPS) is 27.3. The quantitative estimate of drug-likeness (QED) is 0.841. The number of rotatable bonds is 2. The number of carbonyl (C=O) groups is 1. The van der Waals surface area contributed by atoms with Gasteiger partial charge < -0.3 is 10.6 Å². The first kappa shape index (κ1) is 19.0. The predicted molar refractivity (Wildman–Crippen MR) is 83.1 cm³/mol. The maximum atomic E-state index is 12.5. The van der Waals surface area contributed by atoms with Gasteiger partial charge in [0.2, 0.25) is 5.91 Å². The summed E-state index contributed by atoms with van der Waals surface area (Å²) in [6, 6.07) is 0.909. The predicted octanol–water partition coefficient (Wildman–Crippen LogP) is 1.51. The molecule has 0 aromatic rings. The average Bonchev–Trinajstić information content (AvgIpc) is 2.73. The Balaban J connectivity index is 0.00000162. The summed E-state index contributed by atoms with van der Waals surface area (Å²) >= 11 is 0. The Morgan fingerprint density at radius 3 is 2.53 bits per heavy atom. The largest absolute Gasteiger partial charge is 0.337 e. The van der Waals surface area contributed by atoms with Crippen molar-refractivity contribution >= 4 is 30.7 Å². The molecule has 0 aromatic carbocycles. The van der Waals surface area contributed by atoms with Gasteiger partial charge in [-0.15, -0.1) is 24.8 Å². The molecule has 6 heteroatoms. The van der Waals surface area contributed by atoms with Gasteiger partial charge in [-0.3, -0.25) is 9.69 Å². The van der Waals surface area contributed by atoms with E-state index in [0.717, 1.165) is 13.1 Å². The molecule has 2 aliphatic heterocycles. The maximum Gasteiger partial charge on any atom is 0.229 e. The van der Waals surface area contributed by atoms with Crippen molar-refractivity contribution in [2.75, 3.05) is 26.2 Å². The van der Waals surface area contributed by atoms with Crippen molar-refractivity contribution < 1.29 is 4.79 Å². The lowest BCUT2D eigenvalue weighted by molar-refractivity contribution is -0.145. The summed E-state index contributed by atoms with van der Waals surface area (Å²) in [6.45, 7) is 9.59. The Bertz CT molecular complexity index is 312. The van der Waals surface area contributed by atoms with Gasteiger partial charge in [0.25, 0.3) is 0 Å². The van der Waals surface area contributed by atoms with Crippen LogP contribution in [-0.4, -0.2) is 54.0 Å². The van der Waals surface area contributed by atoms with Crippen LogP contribution in [0.5, 0.6) is 0 Å². The first-order valence-electron chi connectivity index (χ1n) is 6.71. The molecule has 2 heterocycles. The highest BCUT2D eigenvalue weighted by Crippen LogP contribution is 2.28. The van der Waals surface area contributed by atoms with Crippen LogP contribution in [0.1, 0.15) is 33.6 Å². The zero-order valence-electron chi connectivity index (χ0n) is 12.1. The molecular formula is C13H27Cl2N3O. The van der Waals surface area contributed by atoms with Crippen LogP contribution in [0.15, 0.2) is 0 Å². The van der Waals surface area contributed by atoms with Gasteiger partial charge in [0.05, 0.1) is 5.41 Å². The van der Waals surface area contributed by atoms with E-state index in [9.17, 15) is 4.79 Å². The fourth-order valence-corrected chi connectivity index (χ4v) is 2.95. The van der Waals surface area contributed by atoms with Crippen molar-refractivity contribution in [3.63, 3.8) is 0 Å². The Morgan fingerprint density at radius 2 is 1.95 bits per heavy atom. The molecule has 0 bridgehead atoms. The SMILES string of the molecule is CC1CN2CCCC2CN1C(=O)C(C)(C)CN.Cl.Cl. The molecule has 19 heavy (non-hydrogen) atoms. The van der Waals surface area contributed by atoms with Crippen molar-refractivity contribution in [1.29, 1.82) is 0 Å². The van der Waals surface area contributed by atoms with Crippen LogP contribution in [-0.2, 0) is 4.79 Å². The van der Waals surface area contributed by atoms with Crippen molar-refractivity contribution in [3.05, 3.63) is 0 Å². The fraction of sp³-hybridized carbons (Fsp3) is 0.923. The molecule has 2 rings (SSSR count). The van der Waals surface area contributed by atoms with E-state index >= 15 is 0 Å². The molecule has 2 aliphatic rings. The van der Waals surface area contributed by atoms with Crippen LogP contribution in [0.3, 0.4) is 0 Å². The Morgan fingerprint density at radius 1 is 1.32 bits per heavy atom. The van der Waals surface area contributed by atoms with Gasteiger partial charge in [0, 0.05) is 31.7 Å². The first-order chi connectivity index (χ1) is 7.95. The highest BCUT2D eigenvalue weighted by atomic mass is 35.5. The van der Waals surface area contributed by atoms with Crippen molar-refractivity contribution in [1.82, 2.24) is 9.80 Å². The fourth-order valence-electron chi connectivity index (χ4n) is 2.95. The second-order valence-corrected chi connectivity index (χ2v) is 6.19. The lowest BCUT2D eigenvalue weighted by Gasteiger charge is -2.44. The van der Waals surface area contributed by atoms with Crippen molar-refractivity contribution in [2.45, 2.75) is 45.7 Å². The summed E-state index contributed by atoms with van der Waals surface area (Å²) < 4.78 is 0. The van der Waals surface area contributed by atoms with E-state index in [2.05, 4.69) is 16.7 Å². The average molecular weight is 312 g/mol. The summed E-state index contributed by atoms with van der Waals surface area (Å²) in [5.41, 5.74) is 5.29. The van der Waals surface area contributed by atoms with Gasteiger partial charge in [-0.1, -0.05) is 0 Å². The number of hydrogen-bond acceptors (Lipinski definition) is 3. The molecule has 2 saturated heterocycles. The summed E-state index contributed by atoms with van der Waals surface area (Å²) in [4.78, 5) is 17.1. The van der Waals surface area contributed by atoms with Crippen LogP contribution in [0.25, 0.3) is 0 Å². The third kappa shape index (κ3) is 3.75. The number of amides is 1. The number of nitrogens with two attached hydrogens (primary N) is 1. The van der Waals surface area contributed by atoms with E-state index in [1.165, 1.54) is 19.4 Å². The van der Waals surface area contributed by atoms with Gasteiger partial charge >= 0.3 is 0 Å². The zero-order chi connectivity index (χ0) is 12.6. The summed E-state index contributed by atoms with van der Waals surface area (Å²) in [5.74, 6) is 0.221. The highest BCUT2D eigenvalue weighted by Gasteiger charge is 2.40. The molecule has 2 N–H and O–H groups in total. The Kier molecular flexibility index (Phi) is 7.10. The topological polar surface area (TPSA) is 49.6 Å². The lowest BCUT2D eigenvalue weighted by Crippen LogP contribution is -2.59. The number of halogens is 2. The summed E-state index contributed by atoms with van der Waals surface area (Å²) in [6.07, 6.45) is 2.51. The maximum absolute atomic E-state index is 12.5. The second-order valence-electron chi connectivity index (χ2n) is 6.19. The summed E-state index contributed by atoms with van der Waals surface area (Å²) in [7, 11) is 0. The zero-order valence-corrected chi connectivity index (χ0v) is 13.7. The molecular weight excluding hydrogens is 285 g/mol. The number of fused-ring (bicyclic) bond motifs is 1. The Hall–Kier alpha value is -0.0300. The molecule has 0 aliphatic carbocycles. The van der Waals surface area contributed by atoms with E-state index in [1.807, 2.05) is 13.8 Å². The lowest BCUT2D eigenvalue weighted by atomic mass is 9.90. The molecule has 2 atom stereocenters. The van der Waals surface area contributed by atoms with E-state index in [-0.39, 0.29) is 30.7 Å². The minimum atomic E-state index is -0.422. The molecule has 2 unspecified atom stereocenters. The molecule has 0 radical (unpaired) electrons. The number of hydrogen-bond donors (Lipinski definition) is 1. The van der Waals surface area contributed by atoms with E-state index in [0.29, 0.717) is 18.6 Å². The molecule has 0 aromatic heterocycles. The van der Waals surface area contributed by atoms with Crippen LogP contribution >= 0.6 is 24.8 Å². The third-order valence-electron chi connectivity index (χ3n) is 4.29. The highest BCUT2D eigenvalue weighted by molar-refractivity contribution is 5.85. The van der Waals surface area contributed by atoms with Crippen molar-refractivity contribution in [2.24, 2.45) is 11.1 Å². The van der Waals surface area contributed by atoms with Crippen molar-refractivity contribution in [3.8, 4) is 0 Å². The summed E-state index contributed by atoms with van der Waals surface area (Å²) in [5, 5.41) is 0. The molecule has 0 saturated carbocycles. The molecule has 1 amide bonds.